The molecule has 1 aliphatic carbocycles. The molecular weight excluding hydrogens is 290 g/mol. The van der Waals surface area contributed by atoms with Crippen LogP contribution >= 0.6 is 0 Å². The number of aromatic nitrogens is 4. The number of carbonyl (C=O) groups is 1. The molecule has 0 unspecified atom stereocenters. The van der Waals surface area contributed by atoms with Gasteiger partial charge in [0, 0.05) is 37.6 Å². The third-order valence-corrected chi connectivity index (χ3v) is 4.23. The van der Waals surface area contributed by atoms with Crippen LogP contribution in [0.15, 0.2) is 18.6 Å². The molecule has 6 nitrogen and oxygen atoms in total. The molecule has 0 spiro atoms. The fourth-order valence-corrected chi connectivity index (χ4v) is 2.58. The summed E-state index contributed by atoms with van der Waals surface area (Å²) in [4.78, 5) is 28.1. The van der Waals surface area contributed by atoms with Gasteiger partial charge in [0.05, 0.1) is 17.8 Å². The molecule has 122 valence electrons. The van der Waals surface area contributed by atoms with E-state index >= 15 is 0 Å². The monoisotopic (exact) mass is 313 g/mol. The topological polar surface area (TPSA) is 63.9 Å². The summed E-state index contributed by atoms with van der Waals surface area (Å²) >= 11 is 0. The molecule has 6 heteroatoms. The normalized spacial score (nSPS) is 14.3. The standard InChI is InChI=1S/C17H23N5O/c1-11(2)16-19-9-14(12(3)20-16)17(23)22(13-5-6-13)10-15-18-7-8-21(15)4/h7-9,11,13H,5-6,10H2,1-4H3. The largest absolute Gasteiger partial charge is 0.337 e. The summed E-state index contributed by atoms with van der Waals surface area (Å²) in [5, 5.41) is 0. The van der Waals surface area contributed by atoms with E-state index in [1.807, 2.05) is 43.5 Å². The van der Waals surface area contributed by atoms with E-state index in [1.165, 1.54) is 0 Å². The molecule has 0 aliphatic heterocycles. The molecule has 0 N–H and O–H groups in total. The summed E-state index contributed by atoms with van der Waals surface area (Å²) < 4.78 is 1.95. The van der Waals surface area contributed by atoms with E-state index in [9.17, 15) is 4.79 Å². The van der Waals surface area contributed by atoms with Gasteiger partial charge in [0.25, 0.3) is 5.91 Å². The Bertz CT molecular complexity index is 718. The van der Waals surface area contributed by atoms with Crippen LogP contribution in [0.1, 0.15) is 60.3 Å². The molecule has 1 aliphatic rings. The fourth-order valence-electron chi connectivity index (χ4n) is 2.58. The van der Waals surface area contributed by atoms with Crippen LogP contribution in [0, 0.1) is 6.92 Å². The van der Waals surface area contributed by atoms with Gasteiger partial charge in [-0.3, -0.25) is 4.79 Å². The van der Waals surface area contributed by atoms with Gasteiger partial charge in [0.1, 0.15) is 11.6 Å². The minimum absolute atomic E-state index is 0.00306. The lowest BCUT2D eigenvalue weighted by atomic mass is 10.1. The van der Waals surface area contributed by atoms with Crippen LogP contribution in [0.5, 0.6) is 0 Å². The Labute approximate surface area is 136 Å². The first-order valence-corrected chi connectivity index (χ1v) is 8.08. The van der Waals surface area contributed by atoms with Gasteiger partial charge in [-0.15, -0.1) is 0 Å². The summed E-state index contributed by atoms with van der Waals surface area (Å²) in [6.07, 6.45) is 7.45. The van der Waals surface area contributed by atoms with Crippen molar-refractivity contribution >= 4 is 5.91 Å². The maximum atomic E-state index is 13.0. The highest BCUT2D eigenvalue weighted by molar-refractivity contribution is 5.95. The molecular formula is C17H23N5O. The van der Waals surface area contributed by atoms with Crippen LogP contribution in [0.4, 0.5) is 0 Å². The van der Waals surface area contributed by atoms with Crippen molar-refractivity contribution in [2.45, 2.75) is 52.1 Å². The van der Waals surface area contributed by atoms with Gasteiger partial charge >= 0.3 is 0 Å². The van der Waals surface area contributed by atoms with E-state index in [-0.39, 0.29) is 11.8 Å². The number of hydrogen-bond donors (Lipinski definition) is 0. The maximum Gasteiger partial charge on any atom is 0.257 e. The van der Waals surface area contributed by atoms with Gasteiger partial charge in [-0.1, -0.05) is 13.8 Å². The van der Waals surface area contributed by atoms with E-state index in [2.05, 4.69) is 15.0 Å². The molecule has 0 radical (unpaired) electrons. The molecule has 1 saturated carbocycles. The molecule has 2 aromatic heterocycles. The van der Waals surface area contributed by atoms with Crippen molar-refractivity contribution in [2.75, 3.05) is 0 Å². The van der Waals surface area contributed by atoms with E-state index < -0.39 is 0 Å². The number of imidazole rings is 1. The Kier molecular flexibility index (Phi) is 4.15. The minimum Gasteiger partial charge on any atom is -0.337 e. The van der Waals surface area contributed by atoms with Crippen molar-refractivity contribution in [1.29, 1.82) is 0 Å². The predicted octanol–water partition coefficient (Wildman–Crippen LogP) is 2.45. The molecule has 0 aromatic carbocycles. The summed E-state index contributed by atoms with van der Waals surface area (Å²) in [6.45, 7) is 6.51. The first-order chi connectivity index (χ1) is 11.0. The second kappa shape index (κ2) is 6.10. The van der Waals surface area contributed by atoms with E-state index in [0.717, 1.165) is 30.2 Å². The van der Waals surface area contributed by atoms with Crippen LogP contribution in [0.25, 0.3) is 0 Å². The SMILES string of the molecule is Cc1nc(C(C)C)ncc1C(=O)N(Cc1nccn1C)C1CC1. The summed E-state index contributed by atoms with van der Waals surface area (Å²) in [6, 6.07) is 0.309. The van der Waals surface area contributed by atoms with E-state index in [0.29, 0.717) is 18.2 Å². The Hall–Kier alpha value is -2.24. The van der Waals surface area contributed by atoms with Crippen LogP contribution in [0.2, 0.25) is 0 Å². The van der Waals surface area contributed by atoms with E-state index in [1.54, 1.807) is 12.4 Å². The Morgan fingerprint density at radius 2 is 2.13 bits per heavy atom. The van der Waals surface area contributed by atoms with Gasteiger partial charge in [-0.05, 0) is 19.8 Å². The van der Waals surface area contributed by atoms with Crippen molar-refractivity contribution in [3.05, 3.63) is 41.5 Å². The van der Waals surface area contributed by atoms with Crippen molar-refractivity contribution in [2.24, 2.45) is 7.05 Å². The van der Waals surface area contributed by atoms with Crippen LogP contribution in [-0.4, -0.2) is 36.4 Å². The molecule has 0 bridgehead atoms. The van der Waals surface area contributed by atoms with Crippen LogP contribution < -0.4 is 0 Å². The van der Waals surface area contributed by atoms with Crippen molar-refractivity contribution in [1.82, 2.24) is 24.4 Å². The first kappa shape index (κ1) is 15.6. The third kappa shape index (κ3) is 3.25. The Morgan fingerprint density at radius 1 is 1.39 bits per heavy atom. The van der Waals surface area contributed by atoms with Crippen LogP contribution in [0.3, 0.4) is 0 Å². The Morgan fingerprint density at radius 3 is 2.65 bits per heavy atom. The van der Waals surface area contributed by atoms with Gasteiger partial charge in [-0.25, -0.2) is 15.0 Å². The lowest BCUT2D eigenvalue weighted by molar-refractivity contribution is 0.0722. The molecule has 1 amide bonds. The van der Waals surface area contributed by atoms with Crippen molar-refractivity contribution in [3.8, 4) is 0 Å². The van der Waals surface area contributed by atoms with Crippen molar-refractivity contribution < 1.29 is 4.79 Å². The number of aryl methyl sites for hydroxylation is 2. The highest BCUT2D eigenvalue weighted by atomic mass is 16.2. The molecule has 2 aromatic rings. The van der Waals surface area contributed by atoms with E-state index in [4.69, 9.17) is 0 Å². The predicted molar refractivity (Wildman–Crippen MR) is 87.0 cm³/mol. The van der Waals surface area contributed by atoms with Gasteiger partial charge in [-0.2, -0.15) is 0 Å². The lowest BCUT2D eigenvalue weighted by Crippen LogP contribution is -2.34. The smallest absolute Gasteiger partial charge is 0.257 e. The maximum absolute atomic E-state index is 13.0. The lowest BCUT2D eigenvalue weighted by Gasteiger charge is -2.23. The second-order valence-corrected chi connectivity index (χ2v) is 6.50. The Balaban J connectivity index is 1.85. The summed E-state index contributed by atoms with van der Waals surface area (Å²) in [5.41, 5.74) is 1.34. The van der Waals surface area contributed by atoms with Gasteiger partial charge in [0.2, 0.25) is 0 Å². The average molecular weight is 313 g/mol. The highest BCUT2D eigenvalue weighted by Crippen LogP contribution is 2.30. The summed E-state index contributed by atoms with van der Waals surface area (Å²) in [7, 11) is 1.95. The van der Waals surface area contributed by atoms with Gasteiger partial charge < -0.3 is 9.47 Å². The number of rotatable bonds is 5. The molecule has 2 heterocycles. The highest BCUT2D eigenvalue weighted by Gasteiger charge is 2.34. The number of hydrogen-bond acceptors (Lipinski definition) is 4. The third-order valence-electron chi connectivity index (χ3n) is 4.23. The minimum atomic E-state index is 0.00306. The molecule has 0 saturated heterocycles. The zero-order chi connectivity index (χ0) is 16.6. The zero-order valence-electron chi connectivity index (χ0n) is 14.2. The first-order valence-electron chi connectivity index (χ1n) is 8.08. The summed E-state index contributed by atoms with van der Waals surface area (Å²) in [5.74, 6) is 1.93. The van der Waals surface area contributed by atoms with Gasteiger partial charge in [0.15, 0.2) is 0 Å². The number of carbonyl (C=O) groups excluding carboxylic acids is 1. The number of nitrogens with zero attached hydrogens (tertiary/aromatic N) is 5. The molecule has 3 rings (SSSR count). The van der Waals surface area contributed by atoms with Crippen LogP contribution in [-0.2, 0) is 13.6 Å². The second-order valence-electron chi connectivity index (χ2n) is 6.50. The molecule has 23 heavy (non-hydrogen) atoms. The van der Waals surface area contributed by atoms with Crippen molar-refractivity contribution in [3.63, 3.8) is 0 Å². The number of amides is 1. The quantitative estimate of drug-likeness (QED) is 0.850. The molecule has 0 atom stereocenters. The molecule has 1 fully saturated rings. The zero-order valence-corrected chi connectivity index (χ0v) is 14.2. The fraction of sp³-hybridized carbons (Fsp3) is 0.529. The average Bonchev–Trinajstić information content (AvgIpc) is 3.27.